The maximum atomic E-state index is 12.1. The SMILES string of the molecule is Nc1nc(-c2cccc(OC(F)(F)F)c2)ncc1Br. The van der Waals surface area contributed by atoms with Crippen LogP contribution < -0.4 is 10.5 Å². The number of alkyl halides is 3. The van der Waals surface area contributed by atoms with Gasteiger partial charge in [-0.15, -0.1) is 13.2 Å². The van der Waals surface area contributed by atoms with Crippen molar-refractivity contribution < 1.29 is 17.9 Å². The third-order valence-corrected chi connectivity index (χ3v) is 2.71. The largest absolute Gasteiger partial charge is 0.573 e. The third kappa shape index (κ3) is 3.57. The van der Waals surface area contributed by atoms with Gasteiger partial charge in [0.25, 0.3) is 0 Å². The molecule has 2 aromatic rings. The highest BCUT2D eigenvalue weighted by molar-refractivity contribution is 9.10. The molecule has 0 spiro atoms. The van der Waals surface area contributed by atoms with E-state index in [1.165, 1.54) is 24.4 Å². The van der Waals surface area contributed by atoms with Crippen molar-refractivity contribution in [2.75, 3.05) is 5.73 Å². The Morgan fingerprint density at radius 1 is 1.26 bits per heavy atom. The van der Waals surface area contributed by atoms with Crippen LogP contribution in [0, 0.1) is 0 Å². The number of nitrogens with two attached hydrogens (primary N) is 1. The van der Waals surface area contributed by atoms with Crippen LogP contribution in [0.25, 0.3) is 11.4 Å². The monoisotopic (exact) mass is 333 g/mol. The molecule has 100 valence electrons. The zero-order valence-corrected chi connectivity index (χ0v) is 10.9. The number of nitrogens with zero attached hydrogens (tertiary/aromatic N) is 2. The molecule has 1 aromatic carbocycles. The third-order valence-electron chi connectivity index (χ3n) is 2.10. The van der Waals surface area contributed by atoms with E-state index >= 15 is 0 Å². The minimum absolute atomic E-state index is 0.201. The van der Waals surface area contributed by atoms with Crippen molar-refractivity contribution in [2.24, 2.45) is 0 Å². The molecule has 0 aliphatic heterocycles. The van der Waals surface area contributed by atoms with Gasteiger partial charge >= 0.3 is 6.36 Å². The summed E-state index contributed by atoms with van der Waals surface area (Å²) in [5.74, 6) is 0.0792. The Kier molecular flexibility index (Phi) is 3.61. The first kappa shape index (κ1) is 13.6. The number of rotatable bonds is 2. The summed E-state index contributed by atoms with van der Waals surface area (Å²) in [4.78, 5) is 7.94. The standard InChI is InChI=1S/C11H7BrF3N3O/c12-8-5-17-10(18-9(8)16)6-2-1-3-7(4-6)19-11(13,14)15/h1-5H,(H2,16,17,18). The van der Waals surface area contributed by atoms with E-state index in [-0.39, 0.29) is 17.4 Å². The van der Waals surface area contributed by atoms with E-state index in [9.17, 15) is 13.2 Å². The molecule has 1 heterocycles. The lowest BCUT2D eigenvalue weighted by molar-refractivity contribution is -0.274. The Hall–Kier alpha value is -1.83. The average Bonchev–Trinajstić information content (AvgIpc) is 2.31. The maximum absolute atomic E-state index is 12.1. The molecule has 0 atom stereocenters. The molecule has 0 fully saturated rings. The van der Waals surface area contributed by atoms with Crippen molar-refractivity contribution in [1.82, 2.24) is 9.97 Å². The molecule has 4 nitrogen and oxygen atoms in total. The van der Waals surface area contributed by atoms with Gasteiger partial charge in [0.1, 0.15) is 11.6 Å². The molecule has 19 heavy (non-hydrogen) atoms. The van der Waals surface area contributed by atoms with Gasteiger partial charge in [0.2, 0.25) is 0 Å². The van der Waals surface area contributed by atoms with Gasteiger partial charge in [-0.3, -0.25) is 0 Å². The van der Waals surface area contributed by atoms with Gasteiger partial charge in [-0.25, -0.2) is 9.97 Å². The number of ether oxygens (including phenoxy) is 1. The van der Waals surface area contributed by atoms with E-state index in [1.807, 2.05) is 0 Å². The topological polar surface area (TPSA) is 61.0 Å². The summed E-state index contributed by atoms with van der Waals surface area (Å²) in [6.45, 7) is 0. The molecule has 0 bridgehead atoms. The zero-order chi connectivity index (χ0) is 14.0. The van der Waals surface area contributed by atoms with E-state index in [1.54, 1.807) is 6.07 Å². The molecule has 0 radical (unpaired) electrons. The first-order valence-corrected chi connectivity index (χ1v) is 5.78. The molecule has 0 unspecified atom stereocenters. The molecule has 0 aliphatic rings. The fraction of sp³-hybridized carbons (Fsp3) is 0.0909. The number of hydrogen-bond donors (Lipinski definition) is 1. The molecule has 0 aliphatic carbocycles. The van der Waals surface area contributed by atoms with E-state index in [0.29, 0.717) is 10.0 Å². The first-order chi connectivity index (χ1) is 8.85. The summed E-state index contributed by atoms with van der Waals surface area (Å²) in [7, 11) is 0. The number of benzene rings is 1. The van der Waals surface area contributed by atoms with Crippen LogP contribution in [-0.4, -0.2) is 16.3 Å². The lowest BCUT2D eigenvalue weighted by atomic mass is 10.2. The van der Waals surface area contributed by atoms with Crippen LogP contribution in [0.15, 0.2) is 34.9 Å². The van der Waals surface area contributed by atoms with Crippen LogP contribution >= 0.6 is 15.9 Å². The zero-order valence-electron chi connectivity index (χ0n) is 9.28. The maximum Gasteiger partial charge on any atom is 0.573 e. The quantitative estimate of drug-likeness (QED) is 0.915. The number of hydrogen-bond acceptors (Lipinski definition) is 4. The number of halogens is 4. The normalized spacial score (nSPS) is 11.4. The Balaban J connectivity index is 2.35. The van der Waals surface area contributed by atoms with Crippen molar-refractivity contribution in [3.05, 3.63) is 34.9 Å². The van der Waals surface area contributed by atoms with E-state index in [4.69, 9.17) is 5.73 Å². The van der Waals surface area contributed by atoms with Crippen molar-refractivity contribution in [1.29, 1.82) is 0 Å². The lowest BCUT2D eigenvalue weighted by Gasteiger charge is -2.09. The number of aromatic nitrogens is 2. The van der Waals surface area contributed by atoms with Crippen molar-refractivity contribution in [3.63, 3.8) is 0 Å². The van der Waals surface area contributed by atoms with Gasteiger partial charge in [-0.1, -0.05) is 12.1 Å². The van der Waals surface area contributed by atoms with Gasteiger partial charge in [-0.2, -0.15) is 0 Å². The minimum atomic E-state index is -4.74. The van der Waals surface area contributed by atoms with Gasteiger partial charge in [0.05, 0.1) is 4.47 Å². The fourth-order valence-corrected chi connectivity index (χ4v) is 1.54. The van der Waals surface area contributed by atoms with E-state index in [0.717, 1.165) is 0 Å². The molecule has 0 saturated carbocycles. The van der Waals surface area contributed by atoms with Crippen LogP contribution in [0.5, 0.6) is 5.75 Å². The Bertz CT molecular complexity index is 604. The molecule has 2 rings (SSSR count). The highest BCUT2D eigenvalue weighted by Gasteiger charge is 2.31. The van der Waals surface area contributed by atoms with Crippen LogP contribution in [0.3, 0.4) is 0 Å². The summed E-state index contributed by atoms with van der Waals surface area (Å²) >= 11 is 3.13. The second-order valence-electron chi connectivity index (χ2n) is 3.50. The first-order valence-electron chi connectivity index (χ1n) is 4.99. The number of anilines is 1. The Labute approximate surface area is 114 Å². The summed E-state index contributed by atoms with van der Waals surface area (Å²) in [6, 6.07) is 5.36. The van der Waals surface area contributed by atoms with Crippen LogP contribution in [0.1, 0.15) is 0 Å². The highest BCUT2D eigenvalue weighted by atomic mass is 79.9. The smallest absolute Gasteiger partial charge is 0.406 e. The van der Waals surface area contributed by atoms with Gasteiger partial charge in [0, 0.05) is 11.8 Å². The van der Waals surface area contributed by atoms with E-state index in [2.05, 4.69) is 30.6 Å². The second kappa shape index (κ2) is 5.04. The molecule has 0 amide bonds. The fourth-order valence-electron chi connectivity index (χ4n) is 1.35. The van der Waals surface area contributed by atoms with Crippen LogP contribution in [0.4, 0.5) is 19.0 Å². The molecule has 0 saturated heterocycles. The van der Waals surface area contributed by atoms with Gasteiger partial charge in [0.15, 0.2) is 5.82 Å². The van der Waals surface area contributed by atoms with Gasteiger partial charge in [-0.05, 0) is 28.1 Å². The second-order valence-corrected chi connectivity index (χ2v) is 4.36. The summed E-state index contributed by atoms with van der Waals surface area (Å²) in [6.07, 6.45) is -3.31. The van der Waals surface area contributed by atoms with E-state index < -0.39 is 6.36 Å². The number of nitrogen functional groups attached to an aromatic ring is 1. The van der Waals surface area contributed by atoms with Crippen LogP contribution in [0.2, 0.25) is 0 Å². The molecular weight excluding hydrogens is 327 g/mol. The minimum Gasteiger partial charge on any atom is -0.406 e. The lowest BCUT2D eigenvalue weighted by Crippen LogP contribution is -2.17. The molecule has 1 aromatic heterocycles. The molecular formula is C11H7BrF3N3O. The predicted molar refractivity (Wildman–Crippen MR) is 66.3 cm³/mol. The molecule has 2 N–H and O–H groups in total. The predicted octanol–water partition coefficient (Wildman–Crippen LogP) is 3.39. The summed E-state index contributed by atoms with van der Waals surface area (Å²) in [5.41, 5.74) is 5.96. The van der Waals surface area contributed by atoms with Gasteiger partial charge < -0.3 is 10.5 Å². The summed E-state index contributed by atoms with van der Waals surface area (Å²) < 4.78 is 40.7. The van der Waals surface area contributed by atoms with Crippen molar-refractivity contribution in [2.45, 2.75) is 6.36 Å². The highest BCUT2D eigenvalue weighted by Crippen LogP contribution is 2.27. The Morgan fingerprint density at radius 2 is 2.00 bits per heavy atom. The van der Waals surface area contributed by atoms with Crippen molar-refractivity contribution >= 4 is 21.7 Å². The Morgan fingerprint density at radius 3 is 2.63 bits per heavy atom. The molecule has 8 heteroatoms. The average molecular weight is 334 g/mol. The summed E-state index contributed by atoms with van der Waals surface area (Å²) in [5, 5.41) is 0. The van der Waals surface area contributed by atoms with Crippen LogP contribution in [-0.2, 0) is 0 Å². The van der Waals surface area contributed by atoms with Crippen molar-refractivity contribution in [3.8, 4) is 17.1 Å².